The van der Waals surface area contributed by atoms with Crippen molar-refractivity contribution in [2.24, 2.45) is 5.92 Å². The standard InChI is InChI=1S/C15H25NO4S/c1-11(2)6-7-12(3)16-21(17,18)13-8-9-14(19-4)15(10-13)20-5/h8-12,16H,6-7H2,1-5H3. The highest BCUT2D eigenvalue weighted by Crippen LogP contribution is 2.29. The molecule has 0 radical (unpaired) electrons. The third-order valence-electron chi connectivity index (χ3n) is 3.20. The van der Waals surface area contributed by atoms with Gasteiger partial charge in [0, 0.05) is 12.1 Å². The largest absolute Gasteiger partial charge is 0.493 e. The van der Waals surface area contributed by atoms with Gasteiger partial charge in [0.05, 0.1) is 19.1 Å². The molecule has 0 spiro atoms. The van der Waals surface area contributed by atoms with E-state index in [1.807, 2.05) is 6.92 Å². The number of rotatable bonds is 8. The molecule has 0 aliphatic rings. The number of ether oxygens (including phenoxy) is 2. The van der Waals surface area contributed by atoms with E-state index in [0.29, 0.717) is 17.4 Å². The Labute approximate surface area is 127 Å². The zero-order chi connectivity index (χ0) is 16.0. The molecule has 5 nitrogen and oxygen atoms in total. The van der Waals surface area contributed by atoms with Gasteiger partial charge in [-0.05, 0) is 37.8 Å². The maximum absolute atomic E-state index is 12.3. The molecule has 0 heterocycles. The zero-order valence-electron chi connectivity index (χ0n) is 13.3. The van der Waals surface area contributed by atoms with Gasteiger partial charge in [0.1, 0.15) is 0 Å². The van der Waals surface area contributed by atoms with Crippen LogP contribution in [0, 0.1) is 5.92 Å². The van der Waals surface area contributed by atoms with Crippen molar-refractivity contribution in [2.45, 2.75) is 44.6 Å². The van der Waals surface area contributed by atoms with Gasteiger partial charge in [0.2, 0.25) is 10.0 Å². The molecule has 0 saturated carbocycles. The van der Waals surface area contributed by atoms with Crippen LogP contribution in [0.15, 0.2) is 23.1 Å². The predicted octanol–water partition coefficient (Wildman–Crippen LogP) is 2.81. The van der Waals surface area contributed by atoms with Crippen LogP contribution in [0.1, 0.15) is 33.6 Å². The van der Waals surface area contributed by atoms with Gasteiger partial charge in [-0.15, -0.1) is 0 Å². The van der Waals surface area contributed by atoms with Gasteiger partial charge < -0.3 is 9.47 Å². The lowest BCUT2D eigenvalue weighted by molar-refractivity contribution is 0.354. The number of hydrogen-bond acceptors (Lipinski definition) is 4. The number of benzene rings is 1. The zero-order valence-corrected chi connectivity index (χ0v) is 14.2. The van der Waals surface area contributed by atoms with Gasteiger partial charge in [-0.1, -0.05) is 13.8 Å². The van der Waals surface area contributed by atoms with E-state index in [1.165, 1.54) is 26.4 Å². The third kappa shape index (κ3) is 5.21. The van der Waals surface area contributed by atoms with E-state index in [2.05, 4.69) is 18.6 Å². The van der Waals surface area contributed by atoms with Crippen molar-refractivity contribution >= 4 is 10.0 Å². The molecule has 0 aliphatic carbocycles. The molecule has 6 heteroatoms. The lowest BCUT2D eigenvalue weighted by Gasteiger charge is -2.16. The summed E-state index contributed by atoms with van der Waals surface area (Å²) in [6.07, 6.45) is 1.79. The first-order valence-corrected chi connectivity index (χ1v) is 8.52. The quantitative estimate of drug-likeness (QED) is 0.801. The number of sulfonamides is 1. The predicted molar refractivity (Wildman–Crippen MR) is 83.4 cm³/mol. The summed E-state index contributed by atoms with van der Waals surface area (Å²) in [4.78, 5) is 0.177. The summed E-state index contributed by atoms with van der Waals surface area (Å²) < 4.78 is 37.6. The van der Waals surface area contributed by atoms with Crippen LogP contribution in [0.4, 0.5) is 0 Å². The number of nitrogens with one attached hydrogen (secondary N) is 1. The highest BCUT2D eigenvalue weighted by molar-refractivity contribution is 7.89. The SMILES string of the molecule is COc1ccc(S(=O)(=O)NC(C)CCC(C)C)cc1OC. The average Bonchev–Trinajstić information content (AvgIpc) is 2.43. The van der Waals surface area contributed by atoms with E-state index in [9.17, 15) is 8.42 Å². The molecule has 0 fully saturated rings. The summed E-state index contributed by atoms with van der Waals surface area (Å²) in [5.41, 5.74) is 0. The summed E-state index contributed by atoms with van der Waals surface area (Å²) in [5, 5.41) is 0. The smallest absolute Gasteiger partial charge is 0.240 e. The molecule has 1 aromatic rings. The molecule has 0 bridgehead atoms. The van der Waals surface area contributed by atoms with E-state index >= 15 is 0 Å². The third-order valence-corrected chi connectivity index (χ3v) is 4.79. The van der Waals surface area contributed by atoms with Gasteiger partial charge in [-0.25, -0.2) is 13.1 Å². The minimum atomic E-state index is -3.55. The molecule has 0 saturated heterocycles. The second kappa shape index (κ2) is 7.66. The van der Waals surface area contributed by atoms with Gasteiger partial charge in [0.15, 0.2) is 11.5 Å². The molecule has 0 aliphatic heterocycles. The molecular weight excluding hydrogens is 290 g/mol. The second-order valence-corrected chi connectivity index (χ2v) is 7.22. The molecule has 0 amide bonds. The van der Waals surface area contributed by atoms with Gasteiger partial charge in [-0.3, -0.25) is 0 Å². The molecule has 120 valence electrons. The summed E-state index contributed by atoms with van der Waals surface area (Å²) >= 11 is 0. The Morgan fingerprint density at radius 3 is 2.19 bits per heavy atom. The topological polar surface area (TPSA) is 64.6 Å². The van der Waals surface area contributed by atoms with Crippen molar-refractivity contribution in [1.29, 1.82) is 0 Å². The molecule has 1 atom stereocenters. The molecule has 1 unspecified atom stereocenters. The number of hydrogen-bond donors (Lipinski definition) is 1. The van der Waals surface area contributed by atoms with Crippen molar-refractivity contribution in [3.63, 3.8) is 0 Å². The van der Waals surface area contributed by atoms with Crippen LogP contribution in [0.5, 0.6) is 11.5 Å². The first-order valence-electron chi connectivity index (χ1n) is 7.04. The fourth-order valence-corrected chi connectivity index (χ4v) is 3.25. The summed E-state index contributed by atoms with van der Waals surface area (Å²) in [5.74, 6) is 1.46. The Morgan fingerprint density at radius 2 is 1.67 bits per heavy atom. The van der Waals surface area contributed by atoms with Crippen LogP contribution in [0.2, 0.25) is 0 Å². The summed E-state index contributed by atoms with van der Waals surface area (Å²) in [6, 6.07) is 4.46. The Kier molecular flexibility index (Phi) is 6.48. The molecular formula is C15H25NO4S. The second-order valence-electron chi connectivity index (χ2n) is 5.51. The van der Waals surface area contributed by atoms with Gasteiger partial charge in [-0.2, -0.15) is 0 Å². The molecule has 1 aromatic carbocycles. The van der Waals surface area contributed by atoms with E-state index < -0.39 is 10.0 Å². The molecule has 21 heavy (non-hydrogen) atoms. The maximum atomic E-state index is 12.3. The minimum Gasteiger partial charge on any atom is -0.493 e. The van der Waals surface area contributed by atoms with Crippen molar-refractivity contribution in [3.8, 4) is 11.5 Å². The average molecular weight is 315 g/mol. The first-order chi connectivity index (χ1) is 9.80. The van der Waals surface area contributed by atoms with Crippen molar-refractivity contribution in [1.82, 2.24) is 4.72 Å². The Hall–Kier alpha value is -1.27. The van der Waals surface area contributed by atoms with Crippen LogP contribution in [-0.2, 0) is 10.0 Å². The molecule has 0 aromatic heterocycles. The fourth-order valence-electron chi connectivity index (χ4n) is 1.96. The van der Waals surface area contributed by atoms with E-state index in [-0.39, 0.29) is 10.9 Å². The van der Waals surface area contributed by atoms with Gasteiger partial charge >= 0.3 is 0 Å². The van der Waals surface area contributed by atoms with Crippen LogP contribution in [0.3, 0.4) is 0 Å². The molecule has 1 rings (SSSR count). The highest BCUT2D eigenvalue weighted by atomic mass is 32.2. The van der Waals surface area contributed by atoms with Crippen molar-refractivity contribution in [2.75, 3.05) is 14.2 Å². The summed E-state index contributed by atoms with van der Waals surface area (Å²) in [6.45, 7) is 6.12. The van der Waals surface area contributed by atoms with Crippen LogP contribution >= 0.6 is 0 Å². The van der Waals surface area contributed by atoms with E-state index in [1.54, 1.807) is 6.07 Å². The molecule has 1 N–H and O–H groups in total. The summed E-state index contributed by atoms with van der Waals surface area (Å²) in [7, 11) is -0.559. The van der Waals surface area contributed by atoms with Crippen LogP contribution < -0.4 is 14.2 Å². The minimum absolute atomic E-state index is 0.106. The Balaban J connectivity index is 2.87. The van der Waals surface area contributed by atoms with E-state index in [0.717, 1.165) is 12.8 Å². The lowest BCUT2D eigenvalue weighted by Crippen LogP contribution is -2.32. The maximum Gasteiger partial charge on any atom is 0.240 e. The fraction of sp³-hybridized carbons (Fsp3) is 0.600. The monoisotopic (exact) mass is 315 g/mol. The van der Waals surface area contributed by atoms with Crippen LogP contribution in [-0.4, -0.2) is 28.7 Å². The Morgan fingerprint density at radius 1 is 1.05 bits per heavy atom. The highest BCUT2D eigenvalue weighted by Gasteiger charge is 2.19. The van der Waals surface area contributed by atoms with Crippen LogP contribution in [0.25, 0.3) is 0 Å². The Bertz CT molecular complexity index is 555. The first kappa shape index (κ1) is 17.8. The lowest BCUT2D eigenvalue weighted by atomic mass is 10.1. The van der Waals surface area contributed by atoms with E-state index in [4.69, 9.17) is 9.47 Å². The van der Waals surface area contributed by atoms with Crippen molar-refractivity contribution in [3.05, 3.63) is 18.2 Å². The normalized spacial score (nSPS) is 13.2. The number of methoxy groups -OCH3 is 2. The van der Waals surface area contributed by atoms with Crippen molar-refractivity contribution < 1.29 is 17.9 Å². The van der Waals surface area contributed by atoms with Gasteiger partial charge in [0.25, 0.3) is 0 Å².